The van der Waals surface area contributed by atoms with E-state index in [2.05, 4.69) is 5.10 Å². The van der Waals surface area contributed by atoms with E-state index in [-0.39, 0.29) is 11.8 Å². The van der Waals surface area contributed by atoms with Crippen molar-refractivity contribution in [1.82, 2.24) is 9.78 Å². The van der Waals surface area contributed by atoms with Gasteiger partial charge in [-0.3, -0.25) is 4.68 Å². The summed E-state index contributed by atoms with van der Waals surface area (Å²) in [4.78, 5) is 0. The number of hydrogen-bond acceptors (Lipinski definition) is 4. The van der Waals surface area contributed by atoms with Crippen molar-refractivity contribution in [3.8, 4) is 0 Å². The second kappa shape index (κ2) is 4.45. The molecule has 1 aromatic rings. The summed E-state index contributed by atoms with van der Waals surface area (Å²) in [7, 11) is -3.14. The molecule has 0 bridgehead atoms. The number of nitrogens with zero attached hydrogens (tertiary/aromatic N) is 2. The Balaban J connectivity index is 3.11. The summed E-state index contributed by atoms with van der Waals surface area (Å²) in [5.74, 6) is -0.0469. The Hall–Kier alpha value is -1.04. The van der Waals surface area contributed by atoms with Gasteiger partial charge in [0.2, 0.25) is 0 Å². The van der Waals surface area contributed by atoms with Crippen LogP contribution in [0.1, 0.15) is 39.4 Å². The average molecular weight is 245 g/mol. The zero-order valence-electron chi connectivity index (χ0n) is 10.1. The number of aromatic nitrogens is 2. The van der Waals surface area contributed by atoms with Crippen LogP contribution < -0.4 is 5.73 Å². The van der Waals surface area contributed by atoms with Gasteiger partial charge >= 0.3 is 0 Å². The minimum Gasteiger partial charge on any atom is -0.396 e. The molecule has 2 N–H and O–H groups in total. The fourth-order valence-electron chi connectivity index (χ4n) is 1.35. The van der Waals surface area contributed by atoms with E-state index in [1.807, 2.05) is 13.8 Å². The molecule has 0 aliphatic rings. The molecule has 16 heavy (non-hydrogen) atoms. The van der Waals surface area contributed by atoms with Gasteiger partial charge in [0.25, 0.3) is 0 Å². The summed E-state index contributed by atoms with van der Waals surface area (Å²) in [6.45, 7) is 7.22. The van der Waals surface area contributed by atoms with E-state index in [1.54, 1.807) is 18.5 Å². The van der Waals surface area contributed by atoms with Gasteiger partial charge in [0, 0.05) is 6.04 Å². The zero-order valence-corrected chi connectivity index (χ0v) is 11.0. The average Bonchev–Trinajstić information content (AvgIpc) is 2.47. The van der Waals surface area contributed by atoms with Crippen molar-refractivity contribution in [2.75, 3.05) is 5.73 Å². The first-order valence-electron chi connectivity index (χ1n) is 5.29. The first kappa shape index (κ1) is 13.0. The number of rotatable bonds is 4. The number of sulfone groups is 1. The summed E-state index contributed by atoms with van der Waals surface area (Å²) in [5.41, 5.74) is 6.77. The van der Waals surface area contributed by atoms with Crippen LogP contribution in [0.5, 0.6) is 0 Å². The van der Waals surface area contributed by atoms with E-state index < -0.39 is 15.1 Å². The minimum absolute atomic E-state index is 0.0469. The molecule has 1 heterocycles. The molecule has 0 spiro atoms. The van der Waals surface area contributed by atoms with Gasteiger partial charge in [0.05, 0.1) is 28.6 Å². The number of hydrogen-bond donors (Lipinski definition) is 1. The Morgan fingerprint density at radius 1 is 1.38 bits per heavy atom. The third kappa shape index (κ3) is 2.55. The highest BCUT2D eigenvalue weighted by Gasteiger charge is 2.22. The first-order valence-corrected chi connectivity index (χ1v) is 7.00. The number of anilines is 1. The summed E-state index contributed by atoms with van der Waals surface area (Å²) in [6, 6.07) is 0.106. The van der Waals surface area contributed by atoms with Gasteiger partial charge in [-0.2, -0.15) is 5.10 Å². The van der Waals surface area contributed by atoms with Gasteiger partial charge in [0.15, 0.2) is 9.84 Å². The summed E-state index contributed by atoms with van der Waals surface area (Å²) in [5, 5.41) is 3.69. The van der Waals surface area contributed by atoms with E-state index in [1.165, 1.54) is 6.20 Å². The lowest BCUT2D eigenvalue weighted by atomic mass is 10.3. The Labute approximate surface area is 96.6 Å². The summed E-state index contributed by atoms with van der Waals surface area (Å²) in [6.07, 6.45) is 1.51. The molecule has 6 heteroatoms. The van der Waals surface area contributed by atoms with E-state index in [9.17, 15) is 8.42 Å². The maximum Gasteiger partial charge on any atom is 0.158 e. The molecule has 0 fully saturated rings. The fourth-order valence-corrected chi connectivity index (χ4v) is 2.37. The Morgan fingerprint density at radius 2 is 1.94 bits per heavy atom. The van der Waals surface area contributed by atoms with Crippen molar-refractivity contribution in [2.45, 2.75) is 44.7 Å². The molecule has 92 valence electrons. The van der Waals surface area contributed by atoms with E-state index in [0.717, 1.165) is 0 Å². The third-order valence-corrected chi connectivity index (χ3v) is 4.59. The molecule has 1 aromatic heterocycles. The van der Waals surface area contributed by atoms with Crippen LogP contribution in [0.15, 0.2) is 6.20 Å². The normalized spacial score (nSPS) is 12.6. The lowest BCUT2D eigenvalue weighted by molar-refractivity contribution is 0.513. The molecule has 5 nitrogen and oxygen atoms in total. The summed E-state index contributed by atoms with van der Waals surface area (Å²) >= 11 is 0. The maximum absolute atomic E-state index is 11.8. The molecule has 0 aliphatic heterocycles. The van der Waals surface area contributed by atoms with Gasteiger partial charge in [-0.25, -0.2) is 8.42 Å². The topological polar surface area (TPSA) is 78.0 Å². The molecule has 0 saturated heterocycles. The van der Waals surface area contributed by atoms with E-state index in [0.29, 0.717) is 11.4 Å². The van der Waals surface area contributed by atoms with Crippen LogP contribution in [0.2, 0.25) is 0 Å². The molecular weight excluding hydrogens is 226 g/mol. The van der Waals surface area contributed by atoms with Gasteiger partial charge in [-0.15, -0.1) is 0 Å². The number of nitrogens with two attached hydrogens (primary N) is 1. The second-order valence-corrected chi connectivity index (χ2v) is 7.00. The van der Waals surface area contributed by atoms with Crippen LogP contribution in [0.4, 0.5) is 5.69 Å². The molecule has 0 radical (unpaired) electrons. The maximum atomic E-state index is 11.8. The van der Waals surface area contributed by atoms with Crippen molar-refractivity contribution in [3.05, 3.63) is 11.9 Å². The fraction of sp³-hybridized carbons (Fsp3) is 0.700. The van der Waals surface area contributed by atoms with Crippen LogP contribution in [0.3, 0.4) is 0 Å². The van der Waals surface area contributed by atoms with Gasteiger partial charge in [-0.05, 0) is 27.7 Å². The van der Waals surface area contributed by atoms with Gasteiger partial charge in [-0.1, -0.05) is 0 Å². The Morgan fingerprint density at radius 3 is 2.38 bits per heavy atom. The Kier molecular flexibility index (Phi) is 3.62. The molecule has 1 rings (SSSR count). The van der Waals surface area contributed by atoms with Crippen LogP contribution >= 0.6 is 0 Å². The van der Waals surface area contributed by atoms with Crippen molar-refractivity contribution in [1.29, 1.82) is 0 Å². The smallest absolute Gasteiger partial charge is 0.158 e. The second-order valence-electron chi connectivity index (χ2n) is 4.44. The van der Waals surface area contributed by atoms with Crippen molar-refractivity contribution < 1.29 is 8.42 Å². The highest BCUT2D eigenvalue weighted by molar-refractivity contribution is 7.91. The van der Waals surface area contributed by atoms with Crippen molar-refractivity contribution in [3.63, 3.8) is 0 Å². The Bertz CT molecular complexity index is 460. The molecule has 0 aliphatic carbocycles. The van der Waals surface area contributed by atoms with Crippen LogP contribution in [0, 0.1) is 0 Å². The summed E-state index contributed by atoms with van der Waals surface area (Å²) < 4.78 is 25.3. The number of nitrogen functional groups attached to an aromatic ring is 1. The lowest BCUT2D eigenvalue weighted by Crippen LogP contribution is -2.20. The largest absolute Gasteiger partial charge is 0.396 e. The van der Waals surface area contributed by atoms with Crippen molar-refractivity contribution >= 4 is 15.5 Å². The highest BCUT2D eigenvalue weighted by atomic mass is 32.2. The van der Waals surface area contributed by atoms with Gasteiger partial charge in [0.1, 0.15) is 0 Å². The minimum atomic E-state index is -3.14. The predicted octanol–water partition coefficient (Wildman–Crippen LogP) is 1.37. The van der Waals surface area contributed by atoms with Crippen molar-refractivity contribution in [2.24, 2.45) is 0 Å². The molecule has 0 saturated carbocycles. The molecule has 0 unspecified atom stereocenters. The molecule has 0 aromatic carbocycles. The van der Waals surface area contributed by atoms with Gasteiger partial charge < -0.3 is 5.73 Å². The molecule has 0 atom stereocenters. The molecule has 0 amide bonds. The van der Waals surface area contributed by atoms with E-state index in [4.69, 9.17) is 5.73 Å². The predicted molar refractivity (Wildman–Crippen MR) is 64.8 cm³/mol. The lowest BCUT2D eigenvalue weighted by Gasteiger charge is -2.13. The molecular formula is C10H19N3O2S. The SMILES string of the molecule is CC(C)n1ncc(N)c1CS(=O)(=O)C(C)C. The van der Waals surface area contributed by atoms with Crippen LogP contribution in [-0.2, 0) is 15.6 Å². The van der Waals surface area contributed by atoms with E-state index >= 15 is 0 Å². The zero-order chi connectivity index (χ0) is 12.5. The third-order valence-electron chi connectivity index (χ3n) is 2.48. The highest BCUT2D eigenvalue weighted by Crippen LogP contribution is 2.20. The standard InChI is InChI=1S/C10H19N3O2S/c1-7(2)13-10(9(11)5-12-13)6-16(14,15)8(3)4/h5,7-8H,6,11H2,1-4H3. The first-order chi connectivity index (χ1) is 7.25. The van der Waals surface area contributed by atoms with Crippen LogP contribution in [0.25, 0.3) is 0 Å². The quantitative estimate of drug-likeness (QED) is 0.869. The van der Waals surface area contributed by atoms with Crippen LogP contribution in [-0.4, -0.2) is 23.4 Å². The monoisotopic (exact) mass is 245 g/mol.